The SMILES string of the molecule is CCCc1ccc([C@@H](CN)C(=O)Nc2cc3ccncc3s2)cc1. The van der Waals surface area contributed by atoms with Crippen molar-refractivity contribution in [3.8, 4) is 0 Å². The number of hydrogen-bond acceptors (Lipinski definition) is 4. The van der Waals surface area contributed by atoms with Crippen molar-refractivity contribution in [2.24, 2.45) is 5.73 Å². The largest absolute Gasteiger partial charge is 0.329 e. The van der Waals surface area contributed by atoms with Gasteiger partial charge in [-0.2, -0.15) is 0 Å². The molecule has 0 saturated carbocycles. The van der Waals surface area contributed by atoms with Crippen LogP contribution in [0.5, 0.6) is 0 Å². The highest BCUT2D eigenvalue weighted by Gasteiger charge is 2.20. The van der Waals surface area contributed by atoms with Crippen LogP contribution in [0.1, 0.15) is 30.4 Å². The van der Waals surface area contributed by atoms with Crippen LogP contribution in [0, 0.1) is 0 Å². The minimum absolute atomic E-state index is 0.0692. The molecule has 0 radical (unpaired) electrons. The Labute approximate surface area is 145 Å². The molecule has 5 heteroatoms. The lowest BCUT2D eigenvalue weighted by atomic mass is 9.96. The highest BCUT2D eigenvalue weighted by Crippen LogP contribution is 2.29. The Morgan fingerprint density at radius 3 is 2.75 bits per heavy atom. The lowest BCUT2D eigenvalue weighted by Crippen LogP contribution is -2.27. The lowest BCUT2D eigenvalue weighted by Gasteiger charge is -2.15. The zero-order valence-corrected chi connectivity index (χ0v) is 14.5. The molecule has 0 spiro atoms. The van der Waals surface area contributed by atoms with Gasteiger partial charge in [0.2, 0.25) is 5.91 Å². The van der Waals surface area contributed by atoms with E-state index in [0.29, 0.717) is 0 Å². The molecule has 3 N–H and O–H groups in total. The normalized spacial score (nSPS) is 12.2. The van der Waals surface area contributed by atoms with Crippen molar-refractivity contribution >= 4 is 32.3 Å². The van der Waals surface area contributed by atoms with Gasteiger partial charge in [0.05, 0.1) is 15.6 Å². The van der Waals surface area contributed by atoms with E-state index in [1.807, 2.05) is 30.5 Å². The van der Waals surface area contributed by atoms with Crippen LogP contribution < -0.4 is 11.1 Å². The van der Waals surface area contributed by atoms with Crippen LogP contribution in [0.15, 0.2) is 48.8 Å². The summed E-state index contributed by atoms with van der Waals surface area (Å²) in [6, 6.07) is 12.1. The molecule has 0 fully saturated rings. The molecule has 124 valence electrons. The van der Waals surface area contributed by atoms with Crippen LogP contribution in [-0.2, 0) is 11.2 Å². The molecule has 1 aromatic carbocycles. The van der Waals surface area contributed by atoms with E-state index in [1.165, 1.54) is 16.9 Å². The monoisotopic (exact) mass is 339 g/mol. The molecule has 0 aliphatic heterocycles. The van der Waals surface area contributed by atoms with Crippen LogP contribution in [0.4, 0.5) is 5.00 Å². The molecule has 0 bridgehead atoms. The summed E-state index contributed by atoms with van der Waals surface area (Å²) < 4.78 is 1.06. The third-order valence-corrected chi connectivity index (χ3v) is 5.04. The molecular formula is C19H21N3OS. The zero-order chi connectivity index (χ0) is 16.9. The predicted octanol–water partition coefficient (Wildman–Crippen LogP) is 3.93. The first-order valence-corrected chi connectivity index (χ1v) is 8.96. The number of carbonyl (C=O) groups is 1. The Kier molecular flexibility index (Phi) is 5.23. The number of amides is 1. The highest BCUT2D eigenvalue weighted by molar-refractivity contribution is 7.22. The fourth-order valence-electron chi connectivity index (χ4n) is 2.75. The Morgan fingerprint density at radius 2 is 2.08 bits per heavy atom. The van der Waals surface area contributed by atoms with E-state index in [9.17, 15) is 4.79 Å². The summed E-state index contributed by atoms with van der Waals surface area (Å²) in [6.45, 7) is 2.44. The van der Waals surface area contributed by atoms with Crippen molar-refractivity contribution in [1.29, 1.82) is 0 Å². The maximum atomic E-state index is 12.6. The molecule has 1 atom stereocenters. The first-order valence-electron chi connectivity index (χ1n) is 8.14. The van der Waals surface area contributed by atoms with Crippen molar-refractivity contribution in [3.05, 3.63) is 59.9 Å². The molecule has 0 unspecified atom stereocenters. The summed E-state index contributed by atoms with van der Waals surface area (Å²) in [5, 5.41) is 4.90. The van der Waals surface area contributed by atoms with Gasteiger partial charge in [0.25, 0.3) is 0 Å². The van der Waals surface area contributed by atoms with Gasteiger partial charge in [-0.25, -0.2) is 0 Å². The molecule has 2 aromatic heterocycles. The van der Waals surface area contributed by atoms with Gasteiger partial charge in [-0.15, -0.1) is 11.3 Å². The fourth-order valence-corrected chi connectivity index (χ4v) is 3.69. The van der Waals surface area contributed by atoms with Gasteiger partial charge in [-0.05, 0) is 35.1 Å². The van der Waals surface area contributed by atoms with E-state index in [1.54, 1.807) is 6.20 Å². The predicted molar refractivity (Wildman–Crippen MR) is 100 cm³/mol. The molecule has 3 aromatic rings. The van der Waals surface area contributed by atoms with Gasteiger partial charge < -0.3 is 11.1 Å². The van der Waals surface area contributed by atoms with Gasteiger partial charge in [-0.3, -0.25) is 9.78 Å². The number of anilines is 1. The molecule has 1 amide bonds. The molecule has 0 aliphatic rings. The van der Waals surface area contributed by atoms with Crippen LogP contribution in [0.25, 0.3) is 10.1 Å². The summed E-state index contributed by atoms with van der Waals surface area (Å²) in [5.41, 5.74) is 8.11. The van der Waals surface area contributed by atoms with Crippen molar-refractivity contribution in [2.45, 2.75) is 25.7 Å². The number of carbonyl (C=O) groups excluding carboxylic acids is 1. The number of thiophene rings is 1. The number of rotatable bonds is 6. The maximum Gasteiger partial charge on any atom is 0.233 e. The Bertz CT molecular complexity index is 793. The molecule has 4 nitrogen and oxygen atoms in total. The van der Waals surface area contributed by atoms with Crippen LogP contribution in [0.2, 0.25) is 0 Å². The first kappa shape index (κ1) is 16.6. The number of benzene rings is 1. The summed E-state index contributed by atoms with van der Waals surface area (Å²) >= 11 is 1.52. The Morgan fingerprint density at radius 1 is 1.29 bits per heavy atom. The fraction of sp³-hybridized carbons (Fsp3) is 0.263. The number of nitrogens with one attached hydrogen (secondary N) is 1. The van der Waals surface area contributed by atoms with Crippen molar-refractivity contribution in [1.82, 2.24) is 4.98 Å². The van der Waals surface area contributed by atoms with E-state index in [2.05, 4.69) is 29.4 Å². The molecule has 2 heterocycles. The van der Waals surface area contributed by atoms with E-state index in [4.69, 9.17) is 5.73 Å². The topological polar surface area (TPSA) is 68.0 Å². The summed E-state index contributed by atoms with van der Waals surface area (Å²) in [5.74, 6) is -0.413. The van der Waals surface area contributed by atoms with E-state index in [0.717, 1.165) is 33.5 Å². The van der Waals surface area contributed by atoms with Gasteiger partial charge >= 0.3 is 0 Å². The molecule has 0 aliphatic carbocycles. The van der Waals surface area contributed by atoms with Crippen molar-refractivity contribution in [3.63, 3.8) is 0 Å². The number of aryl methyl sites for hydroxylation is 1. The summed E-state index contributed by atoms with van der Waals surface area (Å²) in [6.07, 6.45) is 5.72. The zero-order valence-electron chi connectivity index (χ0n) is 13.7. The number of pyridine rings is 1. The smallest absolute Gasteiger partial charge is 0.233 e. The second kappa shape index (κ2) is 7.55. The van der Waals surface area contributed by atoms with Gasteiger partial charge in [0.15, 0.2) is 0 Å². The highest BCUT2D eigenvalue weighted by atomic mass is 32.1. The number of nitrogens with two attached hydrogens (primary N) is 1. The van der Waals surface area contributed by atoms with Gasteiger partial charge in [-0.1, -0.05) is 37.6 Å². The summed E-state index contributed by atoms with van der Waals surface area (Å²) in [7, 11) is 0. The van der Waals surface area contributed by atoms with E-state index in [-0.39, 0.29) is 18.4 Å². The average Bonchev–Trinajstić information content (AvgIpc) is 2.99. The van der Waals surface area contributed by atoms with Gasteiger partial charge in [0.1, 0.15) is 0 Å². The van der Waals surface area contributed by atoms with Crippen molar-refractivity contribution < 1.29 is 4.79 Å². The minimum atomic E-state index is -0.344. The number of fused-ring (bicyclic) bond motifs is 1. The van der Waals surface area contributed by atoms with E-state index >= 15 is 0 Å². The van der Waals surface area contributed by atoms with Crippen LogP contribution >= 0.6 is 11.3 Å². The van der Waals surface area contributed by atoms with Gasteiger partial charge in [0, 0.05) is 18.9 Å². The molecular weight excluding hydrogens is 318 g/mol. The Balaban J connectivity index is 1.75. The standard InChI is InChI=1S/C19H21N3OS/c1-2-3-13-4-6-14(7-5-13)16(11-20)19(23)22-18-10-15-8-9-21-12-17(15)24-18/h4-10,12,16H,2-3,11,20H2,1H3,(H,22,23)/t16-/m1/s1. The number of aromatic nitrogens is 1. The lowest BCUT2D eigenvalue weighted by molar-refractivity contribution is -0.117. The van der Waals surface area contributed by atoms with Crippen molar-refractivity contribution in [2.75, 3.05) is 11.9 Å². The third-order valence-electron chi connectivity index (χ3n) is 4.04. The average molecular weight is 339 g/mol. The maximum absolute atomic E-state index is 12.6. The molecule has 24 heavy (non-hydrogen) atoms. The second-order valence-corrected chi connectivity index (χ2v) is 6.88. The summed E-state index contributed by atoms with van der Waals surface area (Å²) in [4.78, 5) is 16.7. The number of nitrogens with zero attached hydrogens (tertiary/aromatic N) is 1. The first-order chi connectivity index (χ1) is 11.7. The number of hydrogen-bond donors (Lipinski definition) is 2. The quantitative estimate of drug-likeness (QED) is 0.715. The minimum Gasteiger partial charge on any atom is -0.329 e. The third kappa shape index (κ3) is 3.63. The van der Waals surface area contributed by atoms with Crippen LogP contribution in [-0.4, -0.2) is 17.4 Å². The molecule has 0 saturated heterocycles. The van der Waals surface area contributed by atoms with E-state index < -0.39 is 0 Å². The second-order valence-electron chi connectivity index (χ2n) is 5.79. The van der Waals surface area contributed by atoms with Crippen LogP contribution in [0.3, 0.4) is 0 Å². The Hall–Kier alpha value is -2.24. The molecule has 3 rings (SSSR count).